The average Bonchev–Trinajstić information content (AvgIpc) is 2.67. The molecule has 0 atom stereocenters. The van der Waals surface area contributed by atoms with Crippen LogP contribution in [0.4, 0.5) is 5.69 Å². The first-order valence-corrected chi connectivity index (χ1v) is 9.92. The zero-order chi connectivity index (χ0) is 19.3. The van der Waals surface area contributed by atoms with E-state index in [1.54, 1.807) is 25.3 Å². The van der Waals surface area contributed by atoms with E-state index in [1.807, 2.05) is 12.1 Å². The van der Waals surface area contributed by atoms with Crippen molar-refractivity contribution >= 4 is 39.1 Å². The number of anilines is 1. The first-order valence-electron chi connectivity index (χ1n) is 8.75. The molecule has 144 valence electrons. The molecule has 27 heavy (non-hydrogen) atoms. The van der Waals surface area contributed by atoms with E-state index in [2.05, 4.69) is 38.7 Å². The summed E-state index contributed by atoms with van der Waals surface area (Å²) in [6.07, 6.45) is 1.61. The lowest BCUT2D eigenvalue weighted by atomic mass is 9.82. The molecule has 7 heteroatoms. The van der Waals surface area contributed by atoms with Crippen LogP contribution in [0.1, 0.15) is 18.4 Å². The van der Waals surface area contributed by atoms with Crippen molar-refractivity contribution in [3.05, 3.63) is 57.5 Å². The topological polar surface area (TPSA) is 59.6 Å². The highest BCUT2D eigenvalue weighted by Crippen LogP contribution is 2.33. The predicted octanol–water partition coefficient (Wildman–Crippen LogP) is 4.35. The minimum atomic E-state index is -0.294. The highest BCUT2D eigenvalue weighted by molar-refractivity contribution is 9.10. The molecule has 1 heterocycles. The number of halogens is 2. The number of hydrogen-bond acceptors (Lipinski definition) is 4. The van der Waals surface area contributed by atoms with Crippen molar-refractivity contribution < 1.29 is 14.3 Å². The Labute approximate surface area is 172 Å². The van der Waals surface area contributed by atoms with Crippen LogP contribution >= 0.6 is 27.5 Å². The van der Waals surface area contributed by atoms with Crippen LogP contribution in [0.3, 0.4) is 0 Å². The number of benzene rings is 2. The van der Waals surface area contributed by atoms with Crippen LogP contribution < -0.4 is 15.4 Å². The maximum Gasteiger partial charge on any atom is 0.238 e. The molecule has 0 radical (unpaired) electrons. The van der Waals surface area contributed by atoms with E-state index < -0.39 is 0 Å². The van der Waals surface area contributed by atoms with Crippen LogP contribution in [0.5, 0.6) is 5.75 Å². The van der Waals surface area contributed by atoms with E-state index in [0.717, 1.165) is 22.9 Å². The molecule has 3 rings (SSSR count). The van der Waals surface area contributed by atoms with Crippen molar-refractivity contribution in [1.29, 1.82) is 0 Å². The number of carbonyl (C=O) groups excluding carboxylic acids is 1. The highest BCUT2D eigenvalue weighted by Gasteiger charge is 2.34. The molecule has 0 unspecified atom stereocenters. The van der Waals surface area contributed by atoms with Crippen LogP contribution in [-0.4, -0.2) is 32.8 Å². The molecule has 2 N–H and O–H groups in total. The second-order valence-corrected chi connectivity index (χ2v) is 7.80. The number of hydrogen-bond donors (Lipinski definition) is 2. The molecule has 1 amide bonds. The van der Waals surface area contributed by atoms with Gasteiger partial charge in [0.25, 0.3) is 0 Å². The molecule has 2 aromatic carbocycles. The molecular weight excluding hydrogens is 432 g/mol. The largest absolute Gasteiger partial charge is 0.495 e. The minimum absolute atomic E-state index is 0.156. The first kappa shape index (κ1) is 20.1. The Morgan fingerprint density at radius 3 is 2.74 bits per heavy atom. The van der Waals surface area contributed by atoms with Gasteiger partial charge in [0.05, 0.1) is 19.3 Å². The summed E-state index contributed by atoms with van der Waals surface area (Å²) in [5.74, 6) is 0.414. The fourth-order valence-corrected chi connectivity index (χ4v) is 3.87. The second kappa shape index (κ2) is 9.06. The van der Waals surface area contributed by atoms with Gasteiger partial charge < -0.3 is 14.8 Å². The molecular formula is C20H22BrClN2O3. The Kier molecular flexibility index (Phi) is 6.76. The summed E-state index contributed by atoms with van der Waals surface area (Å²) in [5.41, 5.74) is 1.41. The smallest absolute Gasteiger partial charge is 0.238 e. The van der Waals surface area contributed by atoms with Gasteiger partial charge in [-0.05, 0) is 48.7 Å². The van der Waals surface area contributed by atoms with Gasteiger partial charge in [-0.3, -0.25) is 10.1 Å². The number of amides is 1. The van der Waals surface area contributed by atoms with Gasteiger partial charge in [0.2, 0.25) is 5.91 Å². The molecule has 0 spiro atoms. The molecule has 1 saturated heterocycles. The fraction of sp³-hybridized carbons (Fsp3) is 0.350. The van der Waals surface area contributed by atoms with E-state index in [-0.39, 0.29) is 18.0 Å². The zero-order valence-electron chi connectivity index (χ0n) is 15.1. The Hall–Kier alpha value is -1.60. The van der Waals surface area contributed by atoms with Crippen LogP contribution in [-0.2, 0) is 15.1 Å². The molecule has 1 fully saturated rings. The average molecular weight is 454 g/mol. The van der Waals surface area contributed by atoms with Crippen LogP contribution in [0.2, 0.25) is 5.02 Å². The van der Waals surface area contributed by atoms with Crippen LogP contribution in [0.15, 0.2) is 46.9 Å². The lowest BCUT2D eigenvalue weighted by molar-refractivity contribution is -0.116. The van der Waals surface area contributed by atoms with Crippen molar-refractivity contribution in [3.63, 3.8) is 0 Å². The summed E-state index contributed by atoms with van der Waals surface area (Å²) in [7, 11) is 1.56. The standard InChI is InChI=1S/C20H22BrClN2O3/c1-26-18-6-5-16(22)12-17(18)24-19(25)13-23-20(7-9-27-10-8-20)14-3-2-4-15(21)11-14/h2-6,11-12,23H,7-10,13H2,1H3,(H,24,25). The van der Waals surface area contributed by atoms with Gasteiger partial charge in [-0.15, -0.1) is 0 Å². The highest BCUT2D eigenvalue weighted by atomic mass is 79.9. The Morgan fingerprint density at radius 2 is 2.04 bits per heavy atom. The third kappa shape index (κ3) is 5.02. The third-order valence-electron chi connectivity index (χ3n) is 4.75. The summed E-state index contributed by atoms with van der Waals surface area (Å²) in [4.78, 5) is 12.6. The minimum Gasteiger partial charge on any atom is -0.495 e. The Morgan fingerprint density at radius 1 is 1.26 bits per heavy atom. The van der Waals surface area contributed by atoms with Crippen molar-refractivity contribution in [2.45, 2.75) is 18.4 Å². The summed E-state index contributed by atoms with van der Waals surface area (Å²) in [6, 6.07) is 13.3. The van der Waals surface area contributed by atoms with E-state index in [1.165, 1.54) is 0 Å². The first-order chi connectivity index (χ1) is 13.0. The lowest BCUT2D eigenvalue weighted by Crippen LogP contribution is -2.49. The number of carbonyl (C=O) groups is 1. The molecule has 0 aliphatic carbocycles. The summed E-state index contributed by atoms with van der Waals surface area (Å²) >= 11 is 9.57. The van der Waals surface area contributed by atoms with Gasteiger partial charge in [0.1, 0.15) is 5.75 Å². The zero-order valence-corrected chi connectivity index (χ0v) is 17.4. The van der Waals surface area contributed by atoms with Crippen LogP contribution in [0.25, 0.3) is 0 Å². The number of nitrogens with one attached hydrogen (secondary N) is 2. The second-order valence-electron chi connectivity index (χ2n) is 6.45. The Bertz CT molecular complexity index is 810. The van der Waals surface area contributed by atoms with Gasteiger partial charge in [-0.1, -0.05) is 39.7 Å². The third-order valence-corrected chi connectivity index (χ3v) is 5.47. The molecule has 0 aromatic heterocycles. The molecule has 0 saturated carbocycles. The molecule has 1 aliphatic heterocycles. The van der Waals surface area contributed by atoms with Gasteiger partial charge in [-0.2, -0.15) is 0 Å². The summed E-state index contributed by atoms with van der Waals surface area (Å²) in [6.45, 7) is 1.48. The van der Waals surface area contributed by atoms with E-state index in [0.29, 0.717) is 29.7 Å². The van der Waals surface area contributed by atoms with Gasteiger partial charge in [0.15, 0.2) is 0 Å². The number of ether oxygens (including phenoxy) is 2. The maximum absolute atomic E-state index is 12.6. The van der Waals surface area contributed by atoms with E-state index in [9.17, 15) is 4.79 Å². The molecule has 5 nitrogen and oxygen atoms in total. The normalized spacial score (nSPS) is 16.0. The molecule has 0 bridgehead atoms. The van der Waals surface area contributed by atoms with Gasteiger partial charge in [0, 0.05) is 28.2 Å². The Balaban J connectivity index is 1.72. The van der Waals surface area contributed by atoms with Crippen molar-refractivity contribution in [1.82, 2.24) is 5.32 Å². The van der Waals surface area contributed by atoms with E-state index >= 15 is 0 Å². The number of methoxy groups -OCH3 is 1. The quantitative estimate of drug-likeness (QED) is 0.683. The summed E-state index contributed by atoms with van der Waals surface area (Å²) in [5, 5.41) is 6.87. The van der Waals surface area contributed by atoms with Crippen molar-refractivity contribution in [2.24, 2.45) is 0 Å². The molecule has 2 aromatic rings. The SMILES string of the molecule is COc1ccc(Cl)cc1NC(=O)CNC1(c2cccc(Br)c2)CCOCC1. The summed E-state index contributed by atoms with van der Waals surface area (Å²) < 4.78 is 11.8. The van der Waals surface area contributed by atoms with Crippen molar-refractivity contribution in [3.8, 4) is 5.75 Å². The van der Waals surface area contributed by atoms with Crippen molar-refractivity contribution in [2.75, 3.05) is 32.2 Å². The maximum atomic E-state index is 12.6. The lowest BCUT2D eigenvalue weighted by Gasteiger charge is -2.38. The number of rotatable bonds is 6. The molecule has 1 aliphatic rings. The van der Waals surface area contributed by atoms with Gasteiger partial charge in [-0.25, -0.2) is 0 Å². The van der Waals surface area contributed by atoms with E-state index in [4.69, 9.17) is 21.1 Å². The van der Waals surface area contributed by atoms with Crippen LogP contribution in [0, 0.1) is 0 Å². The van der Waals surface area contributed by atoms with Gasteiger partial charge >= 0.3 is 0 Å². The monoisotopic (exact) mass is 452 g/mol. The predicted molar refractivity (Wildman–Crippen MR) is 111 cm³/mol. The fourth-order valence-electron chi connectivity index (χ4n) is 3.30.